The Balaban J connectivity index is 1.80. The lowest BCUT2D eigenvalue weighted by Gasteiger charge is -2.28. The molecule has 1 saturated carbocycles. The second kappa shape index (κ2) is 4.59. The van der Waals surface area contributed by atoms with Crippen LogP contribution < -0.4 is 5.32 Å². The first-order chi connectivity index (χ1) is 8.74. The number of rotatable bonds is 4. The number of nitrogens with zero attached hydrogens (tertiary/aromatic N) is 1. The van der Waals surface area contributed by atoms with E-state index in [4.69, 9.17) is 0 Å². The van der Waals surface area contributed by atoms with E-state index in [1.165, 1.54) is 18.4 Å². The van der Waals surface area contributed by atoms with E-state index in [0.717, 1.165) is 6.54 Å². The number of hydrogen-bond acceptors (Lipinski definition) is 3. The molecule has 2 aliphatic rings. The molecule has 0 radical (unpaired) electrons. The van der Waals surface area contributed by atoms with E-state index in [9.17, 15) is 4.79 Å². The Hall–Kier alpha value is -1.00. The lowest BCUT2D eigenvalue weighted by atomic mass is 10.1. The third-order valence-electron chi connectivity index (χ3n) is 3.89. The van der Waals surface area contributed by atoms with Gasteiger partial charge in [-0.3, -0.25) is 10.1 Å². The van der Waals surface area contributed by atoms with Crippen molar-refractivity contribution in [2.24, 2.45) is 0 Å². The first kappa shape index (κ1) is 12.1. The molecule has 3 rings (SSSR count). The number of nitrogens with one attached hydrogen (secondary N) is 1. The Labute approximate surface area is 112 Å². The van der Waals surface area contributed by atoms with Gasteiger partial charge in [-0.1, -0.05) is 30.3 Å². The van der Waals surface area contributed by atoms with Crippen LogP contribution in [0.25, 0.3) is 0 Å². The molecule has 0 spiro atoms. The maximum absolute atomic E-state index is 12.0. The monoisotopic (exact) mass is 262 g/mol. The number of carbonyl (C=O) groups excluding carboxylic acids is 1. The number of thioether (sulfide) groups is 1. The van der Waals surface area contributed by atoms with E-state index in [2.05, 4.69) is 23.7 Å². The third kappa shape index (κ3) is 2.15. The largest absolute Gasteiger partial charge is 0.320 e. The van der Waals surface area contributed by atoms with Crippen LogP contribution in [0, 0.1) is 0 Å². The second-order valence-corrected chi connectivity index (χ2v) is 6.38. The topological polar surface area (TPSA) is 32.3 Å². The van der Waals surface area contributed by atoms with E-state index in [0.29, 0.717) is 11.3 Å². The average molecular weight is 262 g/mol. The van der Waals surface area contributed by atoms with Crippen molar-refractivity contribution in [3.8, 4) is 0 Å². The molecule has 1 aliphatic carbocycles. The lowest BCUT2D eigenvalue weighted by Crippen LogP contribution is -2.36. The summed E-state index contributed by atoms with van der Waals surface area (Å²) < 4.78 is 0.328. The highest BCUT2D eigenvalue weighted by atomic mass is 32.2. The number of carbonyl (C=O) groups is 1. The van der Waals surface area contributed by atoms with Gasteiger partial charge < -0.3 is 4.90 Å². The van der Waals surface area contributed by atoms with Crippen LogP contribution in [0.2, 0.25) is 0 Å². The molecule has 18 heavy (non-hydrogen) atoms. The summed E-state index contributed by atoms with van der Waals surface area (Å²) in [4.78, 5) is 14.0. The molecule has 1 N–H and O–H groups in total. The van der Waals surface area contributed by atoms with Crippen LogP contribution in [0.4, 0.5) is 0 Å². The maximum atomic E-state index is 12.0. The summed E-state index contributed by atoms with van der Waals surface area (Å²) in [7, 11) is 0. The Kier molecular flexibility index (Phi) is 3.08. The fraction of sp³-hybridized carbons (Fsp3) is 0.500. The first-order valence-corrected chi connectivity index (χ1v) is 7.60. The van der Waals surface area contributed by atoms with Crippen LogP contribution in [0.15, 0.2) is 30.3 Å². The summed E-state index contributed by atoms with van der Waals surface area (Å²) in [5, 5.41) is 3.31. The predicted octanol–water partition coefficient (Wildman–Crippen LogP) is 2.01. The Bertz CT molecular complexity index is 444. The normalized spacial score (nSPS) is 25.5. The van der Waals surface area contributed by atoms with Crippen molar-refractivity contribution in [1.29, 1.82) is 0 Å². The summed E-state index contributed by atoms with van der Waals surface area (Å²) in [6, 6.07) is 10.2. The average Bonchev–Trinajstić information content (AvgIpc) is 3.10. The van der Waals surface area contributed by atoms with Crippen molar-refractivity contribution in [2.75, 3.05) is 19.3 Å². The smallest absolute Gasteiger partial charge is 0.238 e. The maximum Gasteiger partial charge on any atom is 0.238 e. The van der Waals surface area contributed by atoms with Crippen LogP contribution in [-0.2, 0) is 4.79 Å². The van der Waals surface area contributed by atoms with E-state index in [-0.39, 0.29) is 12.1 Å². The number of hydrogen-bond donors (Lipinski definition) is 1. The molecule has 3 nitrogen and oxygen atoms in total. The van der Waals surface area contributed by atoms with Crippen LogP contribution in [-0.4, -0.2) is 34.9 Å². The molecule has 0 aromatic heterocycles. The first-order valence-electron chi connectivity index (χ1n) is 6.37. The van der Waals surface area contributed by atoms with Gasteiger partial charge in [0.1, 0.15) is 6.17 Å². The van der Waals surface area contributed by atoms with Gasteiger partial charge >= 0.3 is 0 Å². The molecule has 96 valence electrons. The summed E-state index contributed by atoms with van der Waals surface area (Å²) in [6.07, 6.45) is 4.68. The second-order valence-electron chi connectivity index (χ2n) is 5.10. The highest BCUT2D eigenvalue weighted by Gasteiger charge is 2.46. The van der Waals surface area contributed by atoms with Gasteiger partial charge in [-0.25, -0.2) is 0 Å². The van der Waals surface area contributed by atoms with Gasteiger partial charge in [0.25, 0.3) is 0 Å². The fourth-order valence-electron chi connectivity index (χ4n) is 2.53. The molecule has 4 heteroatoms. The van der Waals surface area contributed by atoms with E-state index >= 15 is 0 Å². The van der Waals surface area contributed by atoms with E-state index in [1.807, 2.05) is 34.9 Å². The summed E-state index contributed by atoms with van der Waals surface area (Å²) in [5.41, 5.74) is 1.18. The molecule has 1 saturated heterocycles. The highest BCUT2D eigenvalue weighted by molar-refractivity contribution is 8.00. The van der Waals surface area contributed by atoms with Gasteiger partial charge in [-0.05, 0) is 24.7 Å². The van der Waals surface area contributed by atoms with Gasteiger partial charge in [0.2, 0.25) is 5.91 Å². The van der Waals surface area contributed by atoms with Crippen LogP contribution >= 0.6 is 11.8 Å². The van der Waals surface area contributed by atoms with Crippen molar-refractivity contribution in [2.45, 2.75) is 23.8 Å². The summed E-state index contributed by atoms with van der Waals surface area (Å²) >= 11 is 1.90. The molecule has 1 aliphatic heterocycles. The minimum absolute atomic E-state index is 0.0586. The van der Waals surface area contributed by atoms with Crippen molar-refractivity contribution >= 4 is 17.7 Å². The molecule has 1 atom stereocenters. The zero-order valence-electron chi connectivity index (χ0n) is 10.6. The van der Waals surface area contributed by atoms with Crippen molar-refractivity contribution < 1.29 is 4.79 Å². The van der Waals surface area contributed by atoms with Gasteiger partial charge in [0.05, 0.1) is 6.54 Å². The molecular formula is C14H18N2OS. The van der Waals surface area contributed by atoms with E-state index in [1.54, 1.807) is 0 Å². The summed E-state index contributed by atoms with van der Waals surface area (Å²) in [5.74, 6) is 0.226. The minimum atomic E-state index is 0.0586. The van der Waals surface area contributed by atoms with Gasteiger partial charge in [-0.15, -0.1) is 0 Å². The zero-order valence-corrected chi connectivity index (χ0v) is 11.4. The Morgan fingerprint density at radius 1 is 1.39 bits per heavy atom. The minimum Gasteiger partial charge on any atom is -0.320 e. The summed E-state index contributed by atoms with van der Waals surface area (Å²) in [6.45, 7) is 1.34. The van der Waals surface area contributed by atoms with Gasteiger partial charge in [-0.2, -0.15) is 11.8 Å². The molecule has 1 aromatic rings. The third-order valence-corrected chi connectivity index (χ3v) is 5.30. The predicted molar refractivity (Wildman–Crippen MR) is 74.4 cm³/mol. The molecule has 0 bridgehead atoms. The van der Waals surface area contributed by atoms with Crippen molar-refractivity contribution in [3.63, 3.8) is 0 Å². The zero-order chi connectivity index (χ0) is 12.6. The van der Waals surface area contributed by atoms with Crippen LogP contribution in [0.1, 0.15) is 24.6 Å². The quantitative estimate of drug-likeness (QED) is 0.901. The number of benzene rings is 1. The Morgan fingerprint density at radius 2 is 2.11 bits per heavy atom. The molecule has 1 heterocycles. The Morgan fingerprint density at radius 3 is 2.72 bits per heavy atom. The highest BCUT2D eigenvalue weighted by Crippen LogP contribution is 2.48. The van der Waals surface area contributed by atoms with Gasteiger partial charge in [0, 0.05) is 11.3 Å². The molecule has 1 unspecified atom stereocenters. The molecular weight excluding hydrogens is 244 g/mol. The van der Waals surface area contributed by atoms with Crippen LogP contribution in [0.3, 0.4) is 0 Å². The number of amides is 1. The van der Waals surface area contributed by atoms with E-state index < -0.39 is 0 Å². The standard InChI is InChI=1S/C14H18N2OS/c1-18-14(7-8-14)10-16-12(17)9-15-13(16)11-5-3-2-4-6-11/h2-6,13,15H,7-10H2,1H3. The van der Waals surface area contributed by atoms with Crippen LogP contribution in [0.5, 0.6) is 0 Å². The fourth-order valence-corrected chi connectivity index (χ4v) is 3.31. The van der Waals surface area contributed by atoms with Crippen molar-refractivity contribution in [3.05, 3.63) is 35.9 Å². The molecule has 1 aromatic carbocycles. The van der Waals surface area contributed by atoms with Crippen molar-refractivity contribution in [1.82, 2.24) is 10.2 Å². The van der Waals surface area contributed by atoms with Gasteiger partial charge in [0.15, 0.2) is 0 Å². The lowest BCUT2D eigenvalue weighted by molar-refractivity contribution is -0.128. The SMILES string of the molecule is CSC1(CN2C(=O)CNC2c2ccccc2)CC1. The molecule has 1 amide bonds. The molecule has 2 fully saturated rings.